The molecule has 39 heavy (non-hydrogen) atoms. The summed E-state index contributed by atoms with van der Waals surface area (Å²) in [5.74, 6) is 2.11. The number of hydrogen-bond donors (Lipinski definition) is 0. The predicted octanol–water partition coefficient (Wildman–Crippen LogP) is 6.95. The number of pyridine rings is 1. The number of cyclic esters (lactones) is 1. The number of carbonyl (C=O) groups excluding carboxylic acids is 1. The third-order valence-corrected chi connectivity index (χ3v) is 7.96. The fourth-order valence-electron chi connectivity index (χ4n) is 5.40. The highest BCUT2D eigenvalue weighted by molar-refractivity contribution is 5.76. The van der Waals surface area contributed by atoms with Crippen LogP contribution in [0.3, 0.4) is 0 Å². The number of halogens is 3. The first-order chi connectivity index (χ1) is 18.7. The van der Waals surface area contributed by atoms with Gasteiger partial charge in [0.15, 0.2) is 0 Å². The van der Waals surface area contributed by atoms with Crippen molar-refractivity contribution in [3.63, 3.8) is 0 Å². The van der Waals surface area contributed by atoms with E-state index in [0.29, 0.717) is 17.2 Å². The van der Waals surface area contributed by atoms with Gasteiger partial charge in [-0.25, -0.2) is 9.78 Å². The highest BCUT2D eigenvalue weighted by atomic mass is 19.4. The van der Waals surface area contributed by atoms with Crippen LogP contribution in [0.5, 0.6) is 5.75 Å². The summed E-state index contributed by atoms with van der Waals surface area (Å²) < 4.78 is 51.4. The van der Waals surface area contributed by atoms with E-state index in [1.807, 2.05) is 18.2 Å². The maximum Gasteiger partial charge on any atom is 0.416 e. The molecule has 0 spiro atoms. The number of benzene rings is 2. The highest BCUT2D eigenvalue weighted by Crippen LogP contribution is 2.44. The summed E-state index contributed by atoms with van der Waals surface area (Å²) in [5.41, 5.74) is 3.27. The minimum absolute atomic E-state index is 0.156. The lowest BCUT2D eigenvalue weighted by Crippen LogP contribution is -2.38. The van der Waals surface area contributed by atoms with Crippen LogP contribution in [0.25, 0.3) is 11.1 Å². The van der Waals surface area contributed by atoms with Gasteiger partial charge in [0.25, 0.3) is 0 Å². The van der Waals surface area contributed by atoms with Gasteiger partial charge in [-0.1, -0.05) is 18.2 Å². The van der Waals surface area contributed by atoms with E-state index < -0.39 is 30.0 Å². The smallest absolute Gasteiger partial charge is 0.416 e. The Kier molecular flexibility index (Phi) is 6.40. The molecule has 3 aromatic rings. The van der Waals surface area contributed by atoms with Gasteiger partial charge >= 0.3 is 12.3 Å². The van der Waals surface area contributed by atoms with Crippen molar-refractivity contribution in [3.05, 3.63) is 77.0 Å². The summed E-state index contributed by atoms with van der Waals surface area (Å²) >= 11 is 0. The number of anilines is 1. The fraction of sp³-hybridized carbons (Fsp3) is 0.400. The first kappa shape index (κ1) is 25.5. The van der Waals surface area contributed by atoms with Crippen molar-refractivity contribution in [1.29, 1.82) is 0 Å². The van der Waals surface area contributed by atoms with E-state index >= 15 is 0 Å². The number of ether oxygens (including phenoxy) is 2. The van der Waals surface area contributed by atoms with Gasteiger partial charge in [-0.05, 0) is 79.6 Å². The van der Waals surface area contributed by atoms with Crippen molar-refractivity contribution in [2.24, 2.45) is 0 Å². The van der Waals surface area contributed by atoms with Crippen molar-refractivity contribution < 1.29 is 27.4 Å². The van der Waals surface area contributed by atoms with Crippen molar-refractivity contribution in [3.8, 4) is 16.9 Å². The second kappa shape index (κ2) is 9.77. The van der Waals surface area contributed by atoms with E-state index in [4.69, 9.17) is 14.5 Å². The van der Waals surface area contributed by atoms with Gasteiger partial charge in [0, 0.05) is 24.2 Å². The van der Waals surface area contributed by atoms with E-state index in [1.165, 1.54) is 24.5 Å². The lowest BCUT2D eigenvalue weighted by atomic mass is 9.97. The van der Waals surface area contributed by atoms with Crippen LogP contribution in [0.2, 0.25) is 0 Å². The second-order valence-corrected chi connectivity index (χ2v) is 10.5. The quantitative estimate of drug-likeness (QED) is 0.327. The number of amides is 1. The Balaban J connectivity index is 1.35. The number of nitrogens with zero attached hydrogens (tertiary/aromatic N) is 3. The summed E-state index contributed by atoms with van der Waals surface area (Å²) in [6, 6.07) is 14.7. The molecule has 0 N–H and O–H groups in total. The summed E-state index contributed by atoms with van der Waals surface area (Å²) in [4.78, 5) is 21.8. The summed E-state index contributed by atoms with van der Waals surface area (Å²) in [5, 5.41) is 0. The number of alkyl halides is 3. The molecule has 9 heteroatoms. The Bertz CT molecular complexity index is 1400. The Hall–Kier alpha value is -3.75. The van der Waals surface area contributed by atoms with Crippen LogP contribution in [-0.4, -0.2) is 42.2 Å². The number of rotatable bonds is 7. The molecule has 6 rings (SSSR count). The van der Waals surface area contributed by atoms with Gasteiger partial charge in [0.1, 0.15) is 17.7 Å². The molecular formula is C30H30F3N3O3. The molecule has 1 saturated carbocycles. The van der Waals surface area contributed by atoms with Gasteiger partial charge in [-0.2, -0.15) is 13.2 Å². The minimum atomic E-state index is -4.48. The zero-order chi connectivity index (χ0) is 27.3. The zero-order valence-corrected chi connectivity index (χ0v) is 21.9. The predicted molar refractivity (Wildman–Crippen MR) is 141 cm³/mol. The van der Waals surface area contributed by atoms with E-state index in [2.05, 4.69) is 17.0 Å². The molecule has 1 aliphatic carbocycles. The zero-order valence-electron chi connectivity index (χ0n) is 21.9. The van der Waals surface area contributed by atoms with Crippen LogP contribution in [-0.2, 0) is 17.5 Å². The van der Waals surface area contributed by atoms with E-state index in [-0.39, 0.29) is 6.54 Å². The highest BCUT2D eigenvalue weighted by Gasteiger charge is 2.41. The fourth-order valence-corrected chi connectivity index (χ4v) is 5.40. The number of hydrogen-bond acceptors (Lipinski definition) is 5. The Morgan fingerprint density at radius 3 is 2.49 bits per heavy atom. The van der Waals surface area contributed by atoms with Gasteiger partial charge < -0.3 is 14.4 Å². The maximum absolute atomic E-state index is 13.3. The van der Waals surface area contributed by atoms with Crippen LogP contribution in [0.1, 0.15) is 60.6 Å². The van der Waals surface area contributed by atoms with Crippen LogP contribution >= 0.6 is 0 Å². The lowest BCUT2D eigenvalue weighted by molar-refractivity contribution is -0.137. The van der Waals surface area contributed by atoms with Gasteiger partial charge in [-0.3, -0.25) is 4.90 Å². The topological polar surface area (TPSA) is 54.9 Å². The van der Waals surface area contributed by atoms with Gasteiger partial charge in [0.2, 0.25) is 0 Å². The first-order valence-electron chi connectivity index (χ1n) is 13.3. The number of methoxy groups -OCH3 is 1. The molecule has 2 saturated heterocycles. The molecule has 3 fully saturated rings. The Morgan fingerprint density at radius 2 is 1.82 bits per heavy atom. The van der Waals surface area contributed by atoms with Crippen molar-refractivity contribution in [2.75, 3.05) is 25.1 Å². The minimum Gasteiger partial charge on any atom is -0.496 e. The number of carbonyl (C=O) groups is 1. The molecule has 3 heterocycles. The van der Waals surface area contributed by atoms with E-state index in [1.54, 1.807) is 25.0 Å². The largest absolute Gasteiger partial charge is 0.496 e. The molecule has 0 radical (unpaired) electrons. The van der Waals surface area contributed by atoms with Crippen molar-refractivity contribution >= 4 is 11.9 Å². The normalized spacial score (nSPS) is 21.1. The molecule has 2 aliphatic heterocycles. The standard InChI is InChI=1S/C30H30F3N3O3/c1-18-28(21-5-3-6-22(15-21)30(31,32)33)39-29(37)36(18)17-25-23(10-12-27(34-25)35-13-4-14-35)24-16-20(19-7-8-19)9-11-26(24)38-2/h3,5-6,9-12,15-16,18-19,28H,4,7-8,13-14,17H2,1-2H3/t18-,28?/m0/s1. The second-order valence-electron chi connectivity index (χ2n) is 10.5. The van der Waals surface area contributed by atoms with Gasteiger partial charge in [-0.15, -0.1) is 0 Å². The Morgan fingerprint density at radius 1 is 1.03 bits per heavy atom. The third-order valence-electron chi connectivity index (χ3n) is 7.96. The number of aromatic nitrogens is 1. The van der Waals surface area contributed by atoms with E-state index in [0.717, 1.165) is 54.3 Å². The Labute approximate surface area is 225 Å². The molecule has 1 unspecified atom stereocenters. The third kappa shape index (κ3) is 4.90. The molecule has 1 aromatic heterocycles. The monoisotopic (exact) mass is 537 g/mol. The van der Waals surface area contributed by atoms with E-state index in [9.17, 15) is 18.0 Å². The summed E-state index contributed by atoms with van der Waals surface area (Å²) in [6.07, 6.45) is -2.45. The average Bonchev–Trinajstić information content (AvgIpc) is 3.70. The van der Waals surface area contributed by atoms with Crippen LogP contribution in [0.15, 0.2) is 54.6 Å². The average molecular weight is 538 g/mol. The van der Waals surface area contributed by atoms with Crippen LogP contribution in [0.4, 0.5) is 23.8 Å². The molecule has 2 aromatic carbocycles. The van der Waals surface area contributed by atoms with Crippen LogP contribution in [0, 0.1) is 0 Å². The SMILES string of the molecule is COc1ccc(C2CC2)cc1-c1ccc(N2CCC2)nc1CN1C(=O)OC(c2cccc(C(F)(F)F)c2)[C@@H]1C. The molecule has 1 amide bonds. The molecule has 2 atom stereocenters. The molecule has 3 aliphatic rings. The maximum atomic E-state index is 13.3. The summed E-state index contributed by atoms with van der Waals surface area (Å²) in [6.45, 7) is 3.80. The van der Waals surface area contributed by atoms with Crippen molar-refractivity contribution in [2.45, 2.75) is 57.0 Å². The van der Waals surface area contributed by atoms with Crippen molar-refractivity contribution in [1.82, 2.24) is 9.88 Å². The molecule has 6 nitrogen and oxygen atoms in total. The van der Waals surface area contributed by atoms with Gasteiger partial charge in [0.05, 0.1) is 31.0 Å². The summed E-state index contributed by atoms with van der Waals surface area (Å²) in [7, 11) is 1.64. The van der Waals surface area contributed by atoms with Crippen LogP contribution < -0.4 is 9.64 Å². The first-order valence-corrected chi connectivity index (χ1v) is 13.3. The lowest BCUT2D eigenvalue weighted by Gasteiger charge is -2.33. The molecule has 204 valence electrons. The molecular weight excluding hydrogens is 507 g/mol. The molecule has 0 bridgehead atoms.